The number of hydrogen-bond donors (Lipinski definition) is 2. The Hall–Kier alpha value is -2.81. The predicted octanol–water partition coefficient (Wildman–Crippen LogP) is -3.19. The second kappa shape index (κ2) is 4.88. The first-order valence-electron chi connectivity index (χ1n) is 6.22. The Labute approximate surface area is 124 Å². The van der Waals surface area contributed by atoms with Crippen molar-refractivity contribution in [3.63, 3.8) is 0 Å². The molecule has 1 aromatic carbocycles. The number of fused-ring (bicyclic) bond motifs is 1. The van der Waals surface area contributed by atoms with E-state index in [1.807, 2.05) is 0 Å². The van der Waals surface area contributed by atoms with Gasteiger partial charge in [-0.3, -0.25) is 14.2 Å². The van der Waals surface area contributed by atoms with Crippen LogP contribution in [0.25, 0.3) is 6.08 Å². The lowest BCUT2D eigenvalue weighted by molar-refractivity contribution is -0.412. The van der Waals surface area contributed by atoms with Gasteiger partial charge in [-0.05, 0) is 12.1 Å². The molecule has 0 saturated carbocycles. The number of carbonyl (C=O) groups is 2. The van der Waals surface area contributed by atoms with Crippen LogP contribution in [-0.4, -0.2) is 29.9 Å². The van der Waals surface area contributed by atoms with E-state index in [9.17, 15) is 18.0 Å². The molecular weight excluding hydrogens is 308 g/mol. The van der Waals surface area contributed by atoms with Crippen LogP contribution in [0.3, 0.4) is 0 Å². The highest BCUT2D eigenvalue weighted by Gasteiger charge is 2.22. The fourth-order valence-corrected chi connectivity index (χ4v) is 3.03. The normalized spacial score (nSPS) is 14.0. The minimum absolute atomic E-state index is 0.0305. The quantitative estimate of drug-likeness (QED) is 0.579. The lowest BCUT2D eigenvalue weighted by Gasteiger charge is -2.05. The summed E-state index contributed by atoms with van der Waals surface area (Å²) >= 11 is 0. The van der Waals surface area contributed by atoms with Gasteiger partial charge in [0, 0.05) is 31.5 Å². The summed E-state index contributed by atoms with van der Waals surface area (Å²) in [6.45, 7) is 0. The summed E-state index contributed by atoms with van der Waals surface area (Å²) in [7, 11) is -2.17. The van der Waals surface area contributed by atoms with E-state index in [2.05, 4.69) is 14.8 Å². The van der Waals surface area contributed by atoms with Gasteiger partial charge in [-0.15, -0.1) is 0 Å². The minimum atomic E-state index is -3.83. The minimum Gasteiger partial charge on any atom is -0.278 e. The molecule has 1 aliphatic rings. The number of sulfonamides is 1. The van der Waals surface area contributed by atoms with Crippen molar-refractivity contribution in [2.24, 2.45) is 7.05 Å². The summed E-state index contributed by atoms with van der Waals surface area (Å²) < 4.78 is 28.4. The molecule has 0 radical (unpaired) electrons. The molecule has 0 aliphatic carbocycles. The Bertz CT molecular complexity index is 1020. The van der Waals surface area contributed by atoms with Crippen molar-refractivity contribution in [1.82, 2.24) is 9.78 Å². The van der Waals surface area contributed by atoms with Crippen molar-refractivity contribution >= 4 is 33.6 Å². The van der Waals surface area contributed by atoms with Crippen molar-refractivity contribution in [2.75, 3.05) is 4.72 Å². The van der Waals surface area contributed by atoms with Gasteiger partial charge < -0.3 is 0 Å². The van der Waals surface area contributed by atoms with E-state index in [1.165, 1.54) is 28.9 Å². The molecular formula is C13H11N4O4S+. The Morgan fingerprint density at radius 1 is 1.23 bits per heavy atom. The molecule has 2 aromatic rings. The van der Waals surface area contributed by atoms with E-state index in [0.717, 1.165) is 6.08 Å². The number of aromatic nitrogens is 2. The van der Waals surface area contributed by atoms with Crippen molar-refractivity contribution in [3.8, 4) is 0 Å². The SMILES string of the molecule is Cn1ccc(NS(=O)(=O)c2ccc3c(c2)=CC(=O)C(=O)[NH+]=3)n1. The fourth-order valence-electron chi connectivity index (χ4n) is 2.00. The Morgan fingerprint density at radius 3 is 2.68 bits per heavy atom. The van der Waals surface area contributed by atoms with Gasteiger partial charge in [0.2, 0.25) is 5.36 Å². The van der Waals surface area contributed by atoms with Gasteiger partial charge in [0.05, 0.1) is 10.1 Å². The topological polar surface area (TPSA) is 112 Å². The van der Waals surface area contributed by atoms with Crippen LogP contribution in [0.4, 0.5) is 5.82 Å². The lowest BCUT2D eigenvalue weighted by atomic mass is 10.2. The first-order valence-corrected chi connectivity index (χ1v) is 7.70. The van der Waals surface area contributed by atoms with E-state index in [4.69, 9.17) is 0 Å². The van der Waals surface area contributed by atoms with Gasteiger partial charge in [0.15, 0.2) is 5.82 Å². The molecule has 8 nitrogen and oxygen atoms in total. The van der Waals surface area contributed by atoms with Crippen molar-refractivity contribution < 1.29 is 23.0 Å². The third-order valence-electron chi connectivity index (χ3n) is 3.04. The zero-order chi connectivity index (χ0) is 15.9. The first kappa shape index (κ1) is 14.1. The molecule has 1 aliphatic heterocycles. The molecule has 0 atom stereocenters. The number of benzene rings is 1. The molecule has 112 valence electrons. The standard InChI is InChI=1S/C13H10N4O4S/c1-17-5-4-12(15-17)16-22(20,21)9-2-3-10-8(6-9)7-11(18)13(19)14-10/h2-7H,1H3,(H,15,16)/p+1. The molecule has 3 rings (SSSR count). The number of aryl methyl sites for hydroxylation is 1. The van der Waals surface area contributed by atoms with Gasteiger partial charge in [-0.25, -0.2) is 13.2 Å². The highest BCUT2D eigenvalue weighted by Crippen LogP contribution is 2.11. The van der Waals surface area contributed by atoms with E-state index in [0.29, 0.717) is 10.6 Å². The van der Waals surface area contributed by atoms with Crippen LogP contribution < -0.4 is 20.3 Å². The second-order valence-corrected chi connectivity index (χ2v) is 6.37. The number of amides is 1. The average molecular weight is 319 g/mol. The Balaban J connectivity index is 2.05. The molecule has 9 heteroatoms. The highest BCUT2D eigenvalue weighted by atomic mass is 32.2. The maximum absolute atomic E-state index is 12.3. The van der Waals surface area contributed by atoms with Crippen LogP contribution >= 0.6 is 0 Å². The Kier molecular flexibility index (Phi) is 3.14. The molecule has 0 saturated heterocycles. The average Bonchev–Trinajstić information content (AvgIpc) is 2.84. The largest absolute Gasteiger partial charge is 0.458 e. The number of nitrogens with one attached hydrogen (secondary N) is 2. The fraction of sp³-hybridized carbons (Fsp3) is 0.0769. The van der Waals surface area contributed by atoms with Gasteiger partial charge in [-0.1, -0.05) is 0 Å². The molecule has 1 amide bonds. The first-order chi connectivity index (χ1) is 10.3. The molecule has 22 heavy (non-hydrogen) atoms. The molecule has 0 spiro atoms. The second-order valence-electron chi connectivity index (χ2n) is 4.69. The highest BCUT2D eigenvalue weighted by molar-refractivity contribution is 7.92. The van der Waals surface area contributed by atoms with E-state index < -0.39 is 21.7 Å². The molecule has 0 unspecified atom stereocenters. The molecule has 0 fully saturated rings. The molecule has 1 aromatic heterocycles. The van der Waals surface area contributed by atoms with Crippen LogP contribution in [0.2, 0.25) is 0 Å². The maximum atomic E-state index is 12.3. The van der Waals surface area contributed by atoms with Crippen LogP contribution in [0.1, 0.15) is 0 Å². The molecule has 2 heterocycles. The lowest BCUT2D eigenvalue weighted by Crippen LogP contribution is -2.86. The maximum Gasteiger partial charge on any atom is 0.458 e. The molecule has 0 bridgehead atoms. The van der Waals surface area contributed by atoms with Crippen LogP contribution in [0.5, 0.6) is 0 Å². The van der Waals surface area contributed by atoms with Gasteiger partial charge >= 0.3 is 5.91 Å². The van der Waals surface area contributed by atoms with Crippen molar-refractivity contribution in [1.29, 1.82) is 0 Å². The van der Waals surface area contributed by atoms with Gasteiger partial charge in [0.25, 0.3) is 15.8 Å². The number of Topliss-reactive ketones (excluding diaryl/α,β-unsaturated/α-hetero) is 1. The van der Waals surface area contributed by atoms with Crippen LogP contribution in [-0.2, 0) is 26.7 Å². The third kappa shape index (κ3) is 2.53. The summed E-state index contributed by atoms with van der Waals surface area (Å²) in [5.41, 5.74) is 0. The monoisotopic (exact) mass is 319 g/mol. The number of nitrogens with zero attached hydrogens (tertiary/aromatic N) is 2. The van der Waals surface area contributed by atoms with E-state index in [1.54, 1.807) is 13.2 Å². The van der Waals surface area contributed by atoms with Gasteiger partial charge in [0.1, 0.15) is 0 Å². The summed E-state index contributed by atoms with van der Waals surface area (Å²) in [6, 6.07) is 5.61. The van der Waals surface area contributed by atoms with Gasteiger partial charge in [-0.2, -0.15) is 10.1 Å². The molecule has 2 N–H and O–H groups in total. The van der Waals surface area contributed by atoms with Crippen LogP contribution in [0.15, 0.2) is 35.4 Å². The number of rotatable bonds is 3. The third-order valence-corrected chi connectivity index (χ3v) is 4.40. The zero-order valence-corrected chi connectivity index (χ0v) is 12.2. The number of anilines is 1. The van der Waals surface area contributed by atoms with Crippen LogP contribution in [0, 0.1) is 0 Å². The Morgan fingerprint density at radius 2 is 2.00 bits per heavy atom. The number of hydrogen-bond acceptors (Lipinski definition) is 5. The number of ketones is 1. The summed E-state index contributed by atoms with van der Waals surface area (Å²) in [5, 5.41) is 4.67. The van der Waals surface area contributed by atoms with Crippen molar-refractivity contribution in [3.05, 3.63) is 41.0 Å². The van der Waals surface area contributed by atoms with E-state index in [-0.39, 0.29) is 10.7 Å². The smallest absolute Gasteiger partial charge is 0.278 e. The number of carbonyl (C=O) groups excluding carboxylic acids is 2. The summed E-state index contributed by atoms with van der Waals surface area (Å²) in [6.07, 6.45) is 2.71. The summed E-state index contributed by atoms with van der Waals surface area (Å²) in [4.78, 5) is 25.0. The predicted molar refractivity (Wildman–Crippen MR) is 74.3 cm³/mol. The van der Waals surface area contributed by atoms with Crippen molar-refractivity contribution in [2.45, 2.75) is 4.90 Å². The van der Waals surface area contributed by atoms with E-state index >= 15 is 0 Å². The summed E-state index contributed by atoms with van der Waals surface area (Å²) in [5.74, 6) is -1.27. The zero-order valence-electron chi connectivity index (χ0n) is 11.4.